The zero-order chi connectivity index (χ0) is 21.0. The smallest absolute Gasteiger partial charge is 0.337 e. The third kappa shape index (κ3) is 4.54. The number of ether oxygens (including phenoxy) is 2. The van der Waals surface area contributed by atoms with E-state index in [2.05, 4.69) is 4.74 Å². The van der Waals surface area contributed by atoms with E-state index in [0.29, 0.717) is 5.56 Å². The van der Waals surface area contributed by atoms with Crippen LogP contribution in [0.5, 0.6) is 0 Å². The summed E-state index contributed by atoms with van der Waals surface area (Å²) in [7, 11) is 1.32. The van der Waals surface area contributed by atoms with Crippen molar-refractivity contribution in [2.75, 3.05) is 12.0 Å². The van der Waals surface area contributed by atoms with Crippen LogP contribution in [-0.2, 0) is 25.5 Å². The molecule has 6 heteroatoms. The molecule has 3 rings (SSSR count). The first-order valence-electron chi connectivity index (χ1n) is 9.38. The van der Waals surface area contributed by atoms with E-state index in [0.717, 1.165) is 23.2 Å². The molecule has 0 unspecified atom stereocenters. The van der Waals surface area contributed by atoms with Crippen molar-refractivity contribution in [3.05, 3.63) is 71.3 Å². The molecule has 2 aromatic carbocycles. The fourth-order valence-electron chi connectivity index (χ4n) is 3.37. The number of amides is 1. The first-order valence-corrected chi connectivity index (χ1v) is 9.38. The van der Waals surface area contributed by atoms with Crippen LogP contribution in [0.3, 0.4) is 0 Å². The first kappa shape index (κ1) is 20.3. The number of carbonyl (C=O) groups excluding carboxylic acids is 3. The minimum absolute atomic E-state index is 0.0184. The van der Waals surface area contributed by atoms with Crippen LogP contribution >= 0.6 is 0 Å². The van der Waals surface area contributed by atoms with Gasteiger partial charge in [-0.3, -0.25) is 4.79 Å². The maximum Gasteiger partial charge on any atom is 0.337 e. The predicted molar refractivity (Wildman–Crippen MR) is 109 cm³/mol. The molecule has 1 heterocycles. The molecule has 0 aliphatic carbocycles. The third-order valence-corrected chi connectivity index (χ3v) is 4.83. The number of fused-ring (bicyclic) bond motifs is 1. The topological polar surface area (TPSA) is 72.9 Å². The lowest BCUT2D eigenvalue weighted by molar-refractivity contribution is -0.149. The van der Waals surface area contributed by atoms with Crippen LogP contribution in [-0.4, -0.2) is 37.1 Å². The van der Waals surface area contributed by atoms with Gasteiger partial charge in [-0.25, -0.2) is 9.59 Å². The Morgan fingerprint density at radius 2 is 1.79 bits per heavy atom. The first-order chi connectivity index (χ1) is 13.9. The monoisotopic (exact) mass is 393 g/mol. The van der Waals surface area contributed by atoms with Gasteiger partial charge in [-0.1, -0.05) is 30.3 Å². The zero-order valence-corrected chi connectivity index (χ0v) is 16.6. The molecule has 6 nitrogen and oxygen atoms in total. The number of para-hydroxylation sites is 1. The summed E-state index contributed by atoms with van der Waals surface area (Å²) in [4.78, 5) is 38.1. The van der Waals surface area contributed by atoms with Crippen LogP contribution < -0.4 is 4.90 Å². The van der Waals surface area contributed by atoms with Crippen molar-refractivity contribution in [3.63, 3.8) is 0 Å². The number of rotatable bonds is 5. The molecule has 0 saturated heterocycles. The molecule has 0 aromatic heterocycles. The lowest BCUT2D eigenvalue weighted by atomic mass is 10.1. The Labute approximate surface area is 169 Å². The fourth-order valence-corrected chi connectivity index (χ4v) is 3.37. The Morgan fingerprint density at radius 1 is 1.10 bits per heavy atom. The number of hydrogen-bond donors (Lipinski definition) is 0. The van der Waals surface area contributed by atoms with Gasteiger partial charge in [0.2, 0.25) is 0 Å². The van der Waals surface area contributed by atoms with E-state index < -0.39 is 18.0 Å². The van der Waals surface area contributed by atoms with E-state index in [4.69, 9.17) is 4.74 Å². The van der Waals surface area contributed by atoms with Crippen molar-refractivity contribution in [1.82, 2.24) is 0 Å². The molecule has 0 spiro atoms. The summed E-state index contributed by atoms with van der Waals surface area (Å²) in [5.74, 6) is -1.28. The average Bonchev–Trinajstić information content (AvgIpc) is 3.07. The van der Waals surface area contributed by atoms with Crippen LogP contribution in [0, 0.1) is 0 Å². The van der Waals surface area contributed by atoms with Crippen molar-refractivity contribution in [2.24, 2.45) is 0 Å². The maximum atomic E-state index is 12.8. The van der Waals surface area contributed by atoms with E-state index >= 15 is 0 Å². The molecule has 150 valence electrons. The molecule has 0 saturated carbocycles. The van der Waals surface area contributed by atoms with Crippen LogP contribution in [0.25, 0.3) is 6.08 Å². The highest BCUT2D eigenvalue weighted by atomic mass is 16.5. The van der Waals surface area contributed by atoms with Gasteiger partial charge in [0.25, 0.3) is 5.91 Å². The number of benzene rings is 2. The highest BCUT2D eigenvalue weighted by molar-refractivity contribution is 6.00. The summed E-state index contributed by atoms with van der Waals surface area (Å²) in [5, 5.41) is 0. The quantitative estimate of drug-likeness (QED) is 0.575. The maximum absolute atomic E-state index is 12.8. The van der Waals surface area contributed by atoms with E-state index in [1.165, 1.54) is 13.2 Å². The van der Waals surface area contributed by atoms with Gasteiger partial charge in [0.15, 0.2) is 6.10 Å². The molecular weight excluding hydrogens is 370 g/mol. The van der Waals surface area contributed by atoms with Gasteiger partial charge in [0.05, 0.1) is 12.7 Å². The van der Waals surface area contributed by atoms with Crippen LogP contribution in [0.1, 0.15) is 35.3 Å². The molecule has 29 heavy (non-hydrogen) atoms. The Balaban J connectivity index is 1.61. The number of hydrogen-bond acceptors (Lipinski definition) is 5. The summed E-state index contributed by atoms with van der Waals surface area (Å²) in [6.45, 7) is 3.55. The summed E-state index contributed by atoms with van der Waals surface area (Å²) in [5.41, 5.74) is 3.12. The molecule has 0 bridgehead atoms. The standard InChI is InChI=1S/C23H23NO5/c1-15-14-19-6-4-5-7-20(19)24(15)22(26)16(2)29-21(25)13-10-17-8-11-18(12-9-17)23(27)28-3/h4-13,15-16H,14H2,1-3H3/b13-10+/t15-,16-/m1/s1. The summed E-state index contributed by atoms with van der Waals surface area (Å²) >= 11 is 0. The van der Waals surface area contributed by atoms with Crippen molar-refractivity contribution >= 4 is 29.6 Å². The van der Waals surface area contributed by atoms with Gasteiger partial charge in [-0.2, -0.15) is 0 Å². The minimum Gasteiger partial charge on any atom is -0.465 e. The predicted octanol–water partition coefficient (Wildman–Crippen LogP) is 3.40. The van der Waals surface area contributed by atoms with Crippen molar-refractivity contribution in [2.45, 2.75) is 32.4 Å². The largest absolute Gasteiger partial charge is 0.465 e. The number of anilines is 1. The Hall–Kier alpha value is -3.41. The second kappa shape index (κ2) is 8.73. The van der Waals surface area contributed by atoms with Crippen LogP contribution in [0.2, 0.25) is 0 Å². The number of nitrogens with zero attached hydrogens (tertiary/aromatic N) is 1. The molecule has 2 aromatic rings. The number of methoxy groups -OCH3 is 1. The van der Waals surface area contributed by atoms with E-state index in [9.17, 15) is 14.4 Å². The van der Waals surface area contributed by atoms with Gasteiger partial charge >= 0.3 is 11.9 Å². The summed E-state index contributed by atoms with van der Waals surface area (Å²) in [6.07, 6.45) is 2.71. The van der Waals surface area contributed by atoms with Gasteiger partial charge in [-0.05, 0) is 55.7 Å². The van der Waals surface area contributed by atoms with E-state index in [-0.39, 0.29) is 11.9 Å². The Kier molecular flexibility index (Phi) is 6.12. The number of esters is 2. The lowest BCUT2D eigenvalue weighted by Crippen LogP contribution is -2.43. The van der Waals surface area contributed by atoms with E-state index in [1.54, 1.807) is 42.2 Å². The summed E-state index contributed by atoms with van der Waals surface area (Å²) < 4.78 is 9.94. The molecule has 2 atom stereocenters. The second-order valence-corrected chi connectivity index (χ2v) is 6.92. The Morgan fingerprint density at radius 3 is 2.48 bits per heavy atom. The van der Waals surface area contributed by atoms with Crippen molar-refractivity contribution in [1.29, 1.82) is 0 Å². The molecule has 1 aliphatic heterocycles. The van der Waals surface area contributed by atoms with Gasteiger partial charge < -0.3 is 14.4 Å². The summed E-state index contributed by atoms with van der Waals surface area (Å²) in [6, 6.07) is 14.4. The van der Waals surface area contributed by atoms with Crippen LogP contribution in [0.4, 0.5) is 5.69 Å². The molecule has 0 N–H and O–H groups in total. The lowest BCUT2D eigenvalue weighted by Gasteiger charge is -2.25. The SMILES string of the molecule is COC(=O)c1ccc(/C=C/C(=O)O[C@H](C)C(=O)N2c3ccccc3C[C@H]2C)cc1. The fraction of sp³-hybridized carbons (Fsp3) is 0.261. The van der Waals surface area contributed by atoms with Gasteiger partial charge in [0, 0.05) is 17.8 Å². The second-order valence-electron chi connectivity index (χ2n) is 6.92. The number of carbonyl (C=O) groups is 3. The minimum atomic E-state index is -0.901. The molecule has 1 aliphatic rings. The van der Waals surface area contributed by atoms with Crippen LogP contribution in [0.15, 0.2) is 54.6 Å². The van der Waals surface area contributed by atoms with Crippen molar-refractivity contribution < 1.29 is 23.9 Å². The molecule has 0 fully saturated rings. The molecular formula is C23H23NO5. The van der Waals surface area contributed by atoms with Gasteiger partial charge in [-0.15, -0.1) is 0 Å². The zero-order valence-electron chi connectivity index (χ0n) is 16.6. The van der Waals surface area contributed by atoms with Gasteiger partial charge in [0.1, 0.15) is 0 Å². The highest BCUT2D eigenvalue weighted by Gasteiger charge is 2.34. The van der Waals surface area contributed by atoms with Crippen molar-refractivity contribution in [3.8, 4) is 0 Å². The third-order valence-electron chi connectivity index (χ3n) is 4.83. The Bertz CT molecular complexity index is 948. The molecule has 0 radical (unpaired) electrons. The average molecular weight is 393 g/mol. The van der Waals surface area contributed by atoms with E-state index in [1.807, 2.05) is 31.2 Å². The molecule has 1 amide bonds. The normalized spacial score (nSPS) is 16.4. The highest BCUT2D eigenvalue weighted by Crippen LogP contribution is 2.32.